The molecule has 6 N–H and O–H groups in total. The largest absolute Gasteiger partial charge is 0.394 e. The van der Waals surface area contributed by atoms with Gasteiger partial charge in [-0.1, -0.05) is 232 Å². The molecule has 9 heteroatoms. The van der Waals surface area contributed by atoms with Gasteiger partial charge < -0.3 is 40.3 Å². The molecule has 0 aromatic rings. The number of ether oxygens (including phenoxy) is 2. The summed E-state index contributed by atoms with van der Waals surface area (Å²) in [7, 11) is 0. The Morgan fingerprint density at radius 3 is 1.35 bits per heavy atom. The van der Waals surface area contributed by atoms with Gasteiger partial charge in [0.25, 0.3) is 0 Å². The molecule has 1 amide bonds. The van der Waals surface area contributed by atoms with Crippen LogP contribution < -0.4 is 5.32 Å². The lowest BCUT2D eigenvalue weighted by molar-refractivity contribution is -0.302. The number of hydrogen-bond donors (Lipinski definition) is 6. The van der Waals surface area contributed by atoms with Crippen LogP contribution in [0.4, 0.5) is 0 Å². The molecular formula is C62H105NO8. The molecule has 1 fully saturated rings. The smallest absolute Gasteiger partial charge is 0.220 e. The zero-order chi connectivity index (χ0) is 51.5. The van der Waals surface area contributed by atoms with E-state index in [1.807, 2.05) is 19.1 Å². The van der Waals surface area contributed by atoms with E-state index in [1.165, 1.54) is 116 Å². The summed E-state index contributed by atoms with van der Waals surface area (Å²) in [6.45, 7) is 3.39. The molecule has 1 aliphatic heterocycles. The van der Waals surface area contributed by atoms with Crippen LogP contribution in [0.15, 0.2) is 109 Å². The molecule has 0 bridgehead atoms. The first-order valence-corrected chi connectivity index (χ1v) is 28.6. The lowest BCUT2D eigenvalue weighted by Gasteiger charge is -2.40. The van der Waals surface area contributed by atoms with Gasteiger partial charge in [0.15, 0.2) is 6.29 Å². The van der Waals surface area contributed by atoms with Gasteiger partial charge >= 0.3 is 0 Å². The zero-order valence-corrected chi connectivity index (χ0v) is 44.9. The van der Waals surface area contributed by atoms with E-state index in [0.717, 1.165) is 83.5 Å². The van der Waals surface area contributed by atoms with Crippen LogP contribution in [-0.2, 0) is 14.3 Å². The molecule has 1 rings (SSSR count). The van der Waals surface area contributed by atoms with Crippen molar-refractivity contribution in [2.24, 2.45) is 0 Å². The number of hydrogen-bond acceptors (Lipinski definition) is 8. The Morgan fingerprint density at radius 1 is 0.507 bits per heavy atom. The van der Waals surface area contributed by atoms with Crippen LogP contribution >= 0.6 is 0 Å². The maximum Gasteiger partial charge on any atom is 0.220 e. The van der Waals surface area contributed by atoms with Gasteiger partial charge in [0.1, 0.15) is 24.4 Å². The van der Waals surface area contributed by atoms with Gasteiger partial charge in [-0.25, -0.2) is 0 Å². The van der Waals surface area contributed by atoms with Gasteiger partial charge in [-0.05, 0) is 90.4 Å². The number of unbranched alkanes of at least 4 members (excludes halogenated alkanes) is 22. The maximum atomic E-state index is 13.0. The second-order valence-electron chi connectivity index (χ2n) is 19.3. The predicted octanol–water partition coefficient (Wildman–Crippen LogP) is 14.2. The molecule has 0 spiro atoms. The van der Waals surface area contributed by atoms with Gasteiger partial charge in [-0.2, -0.15) is 0 Å². The number of amides is 1. The van der Waals surface area contributed by atoms with Gasteiger partial charge in [0, 0.05) is 6.42 Å². The fraction of sp³-hybridized carbons (Fsp3) is 0.694. The van der Waals surface area contributed by atoms with Crippen molar-refractivity contribution in [1.82, 2.24) is 5.32 Å². The number of carbonyl (C=O) groups excluding carboxylic acids is 1. The van der Waals surface area contributed by atoms with Gasteiger partial charge in [0.05, 0.1) is 25.4 Å². The summed E-state index contributed by atoms with van der Waals surface area (Å²) < 4.78 is 11.2. The first-order valence-electron chi connectivity index (χ1n) is 28.6. The third-order valence-corrected chi connectivity index (χ3v) is 12.9. The summed E-state index contributed by atoms with van der Waals surface area (Å²) in [6, 6.07) is -0.829. The number of aliphatic hydroxyl groups is 5. The van der Waals surface area contributed by atoms with E-state index < -0.39 is 49.5 Å². The molecule has 406 valence electrons. The fourth-order valence-corrected chi connectivity index (χ4v) is 8.43. The molecular weight excluding hydrogens is 887 g/mol. The summed E-state index contributed by atoms with van der Waals surface area (Å²) in [5, 5.41) is 54.1. The molecule has 1 aliphatic rings. The SMILES string of the molecule is C/C=C/CC/C=C/CC/C=C/C(O)C(COC1OC(CO)C(O)C(O)C1O)NC(=O)CCCCCCCCCCCCCCCCCCCCCC/C=C\C/C=C\C/C=C\C/C=C\C/C=C\C/C=C\CC. The van der Waals surface area contributed by atoms with E-state index in [0.29, 0.717) is 6.42 Å². The Kier molecular flexibility index (Phi) is 46.7. The van der Waals surface area contributed by atoms with Crippen LogP contribution in [0.25, 0.3) is 0 Å². The van der Waals surface area contributed by atoms with Crippen LogP contribution in [0.2, 0.25) is 0 Å². The van der Waals surface area contributed by atoms with E-state index in [4.69, 9.17) is 9.47 Å². The topological polar surface area (TPSA) is 149 Å². The van der Waals surface area contributed by atoms with E-state index in [9.17, 15) is 30.3 Å². The minimum Gasteiger partial charge on any atom is -0.394 e. The number of rotatable bonds is 47. The average Bonchev–Trinajstić information content (AvgIpc) is 3.37. The van der Waals surface area contributed by atoms with Crippen molar-refractivity contribution in [3.05, 3.63) is 109 Å². The van der Waals surface area contributed by atoms with Crippen molar-refractivity contribution in [3.8, 4) is 0 Å². The molecule has 71 heavy (non-hydrogen) atoms. The van der Waals surface area contributed by atoms with E-state index in [-0.39, 0.29) is 12.5 Å². The standard InChI is InChI=1S/C62H105NO8/c1-3-5-7-9-11-13-14-15-16-17-18-19-20-21-22-23-24-25-26-27-28-29-30-31-32-33-34-35-36-37-38-39-40-41-42-44-46-48-50-52-58(66)63-55(56(65)51-49-47-45-43-12-10-8-6-4-2)54-70-62-61(69)60(68)59(67)57(53-64)71-62/h4-7,11-13,15-16,18-19,21-22,24-25,43,49,51,55-57,59-62,64-65,67-69H,3,8-10,14,17,20,23,26-42,44-48,50,52-54H2,1-2H3,(H,63,66)/b6-4+,7-5-,13-11-,16-15-,19-18-,22-21-,25-24-,43-12+,51-49+. The fourth-order valence-electron chi connectivity index (χ4n) is 8.43. The van der Waals surface area contributed by atoms with Crippen molar-refractivity contribution in [3.63, 3.8) is 0 Å². The number of allylic oxidation sites excluding steroid dienone is 17. The van der Waals surface area contributed by atoms with Gasteiger partial charge in [-0.3, -0.25) is 4.79 Å². The molecule has 0 aromatic carbocycles. The van der Waals surface area contributed by atoms with Crippen LogP contribution in [0, 0.1) is 0 Å². The number of nitrogens with one attached hydrogen (secondary N) is 1. The van der Waals surface area contributed by atoms with Crippen molar-refractivity contribution >= 4 is 5.91 Å². The first kappa shape index (κ1) is 65.9. The molecule has 1 saturated heterocycles. The third-order valence-electron chi connectivity index (χ3n) is 12.9. The molecule has 7 atom stereocenters. The highest BCUT2D eigenvalue weighted by Gasteiger charge is 2.44. The zero-order valence-electron chi connectivity index (χ0n) is 44.9. The van der Waals surface area contributed by atoms with E-state index in [2.05, 4.69) is 103 Å². The van der Waals surface area contributed by atoms with Gasteiger partial charge in [-0.15, -0.1) is 0 Å². The number of aliphatic hydroxyl groups excluding tert-OH is 5. The summed E-state index contributed by atoms with van der Waals surface area (Å²) in [4.78, 5) is 13.0. The summed E-state index contributed by atoms with van der Waals surface area (Å²) in [5.41, 5.74) is 0. The highest BCUT2D eigenvalue weighted by molar-refractivity contribution is 5.76. The van der Waals surface area contributed by atoms with Crippen LogP contribution in [0.3, 0.4) is 0 Å². The van der Waals surface area contributed by atoms with Gasteiger partial charge in [0.2, 0.25) is 5.91 Å². The molecule has 9 nitrogen and oxygen atoms in total. The lowest BCUT2D eigenvalue weighted by Crippen LogP contribution is -2.60. The lowest BCUT2D eigenvalue weighted by atomic mass is 9.99. The van der Waals surface area contributed by atoms with Crippen molar-refractivity contribution in [1.29, 1.82) is 0 Å². The first-order chi connectivity index (χ1) is 34.8. The van der Waals surface area contributed by atoms with Crippen LogP contribution in [0.1, 0.15) is 219 Å². The predicted molar refractivity (Wildman–Crippen MR) is 299 cm³/mol. The highest BCUT2D eigenvalue weighted by Crippen LogP contribution is 2.23. The van der Waals surface area contributed by atoms with Crippen molar-refractivity contribution in [2.75, 3.05) is 13.2 Å². The van der Waals surface area contributed by atoms with E-state index in [1.54, 1.807) is 6.08 Å². The monoisotopic (exact) mass is 992 g/mol. The minimum atomic E-state index is -1.58. The highest BCUT2D eigenvalue weighted by atomic mass is 16.7. The van der Waals surface area contributed by atoms with Crippen LogP contribution in [-0.4, -0.2) is 87.5 Å². The quantitative estimate of drug-likeness (QED) is 0.0261. The summed E-state index contributed by atoms with van der Waals surface area (Å²) in [5.74, 6) is -0.196. The number of carbonyl (C=O) groups is 1. The Labute approximate surface area is 434 Å². The molecule has 0 aromatic heterocycles. The molecule has 0 saturated carbocycles. The Bertz CT molecular complexity index is 1480. The Balaban J connectivity index is 2.04. The Hall–Kier alpha value is -3.15. The maximum absolute atomic E-state index is 13.0. The average molecular weight is 993 g/mol. The molecule has 0 aliphatic carbocycles. The normalized spacial score (nSPS) is 20.1. The minimum absolute atomic E-state index is 0.196. The van der Waals surface area contributed by atoms with E-state index >= 15 is 0 Å². The molecule has 7 unspecified atom stereocenters. The third kappa shape index (κ3) is 40.0. The van der Waals surface area contributed by atoms with Crippen molar-refractivity contribution in [2.45, 2.75) is 262 Å². The Morgan fingerprint density at radius 2 is 0.901 bits per heavy atom. The second kappa shape index (κ2) is 50.4. The van der Waals surface area contributed by atoms with Crippen LogP contribution in [0.5, 0.6) is 0 Å². The summed E-state index contributed by atoms with van der Waals surface area (Å²) in [6.07, 6.45) is 67.9. The molecule has 1 heterocycles. The molecule has 0 radical (unpaired) electrons. The van der Waals surface area contributed by atoms with Crippen molar-refractivity contribution < 1.29 is 39.8 Å². The second-order valence-corrected chi connectivity index (χ2v) is 19.3. The summed E-state index contributed by atoms with van der Waals surface area (Å²) >= 11 is 0.